The Balaban J connectivity index is 2.60. The minimum atomic E-state index is -2.81. The molecule has 0 spiro atoms. The molecule has 0 amide bonds. The Hall–Kier alpha value is -0.130. The summed E-state index contributed by atoms with van der Waals surface area (Å²) in [5, 5.41) is 0. The van der Waals surface area contributed by atoms with Crippen molar-refractivity contribution in [1.82, 2.24) is 4.90 Å². The van der Waals surface area contributed by atoms with Crippen LogP contribution in [0.25, 0.3) is 0 Å². The summed E-state index contributed by atoms with van der Waals surface area (Å²) in [6, 6.07) is 0.0955. The highest BCUT2D eigenvalue weighted by molar-refractivity contribution is 7.91. The van der Waals surface area contributed by atoms with Crippen LogP contribution in [0.3, 0.4) is 0 Å². The van der Waals surface area contributed by atoms with Gasteiger partial charge in [0.05, 0.1) is 11.5 Å². The zero-order chi connectivity index (χ0) is 11.7. The summed E-state index contributed by atoms with van der Waals surface area (Å²) in [6.07, 6.45) is 0.906. The Morgan fingerprint density at radius 3 is 2.60 bits per heavy atom. The van der Waals surface area contributed by atoms with Gasteiger partial charge >= 0.3 is 0 Å². The predicted molar refractivity (Wildman–Crippen MR) is 62.6 cm³/mol. The zero-order valence-corrected chi connectivity index (χ0v) is 10.7. The fourth-order valence-electron chi connectivity index (χ4n) is 1.84. The molecule has 0 aromatic heterocycles. The highest BCUT2D eigenvalue weighted by Gasteiger charge is 2.31. The first-order valence-corrected chi connectivity index (χ1v) is 7.31. The Kier molecular flexibility index (Phi) is 3.79. The van der Waals surface area contributed by atoms with Crippen LogP contribution in [0.5, 0.6) is 0 Å². The van der Waals surface area contributed by atoms with Crippen LogP contribution < -0.4 is 5.73 Å². The molecule has 1 aliphatic heterocycles. The molecule has 1 rings (SSSR count). The molecular formula is C10H22N2O2S. The normalized spacial score (nSPS) is 31.1. The van der Waals surface area contributed by atoms with Crippen molar-refractivity contribution in [2.45, 2.75) is 38.8 Å². The van der Waals surface area contributed by atoms with Gasteiger partial charge in [0.1, 0.15) is 0 Å². The fraction of sp³-hybridized carbons (Fsp3) is 1.00. The average molecular weight is 234 g/mol. The summed E-state index contributed by atoms with van der Waals surface area (Å²) in [5.41, 5.74) is 5.87. The van der Waals surface area contributed by atoms with Crippen LogP contribution in [-0.4, -0.2) is 49.5 Å². The van der Waals surface area contributed by atoms with Crippen molar-refractivity contribution in [2.24, 2.45) is 5.73 Å². The molecule has 0 aliphatic carbocycles. The molecule has 0 aromatic rings. The van der Waals surface area contributed by atoms with Crippen LogP contribution >= 0.6 is 0 Å². The highest BCUT2D eigenvalue weighted by Crippen LogP contribution is 2.15. The molecule has 1 saturated heterocycles. The Morgan fingerprint density at radius 1 is 1.53 bits per heavy atom. The van der Waals surface area contributed by atoms with Crippen LogP contribution in [0, 0.1) is 0 Å². The lowest BCUT2D eigenvalue weighted by Crippen LogP contribution is -2.55. The van der Waals surface area contributed by atoms with Gasteiger partial charge in [0.25, 0.3) is 0 Å². The smallest absolute Gasteiger partial charge is 0.153 e. The minimum Gasteiger partial charge on any atom is -0.324 e. The average Bonchev–Trinajstić information content (AvgIpc) is 2.09. The predicted octanol–water partition coefficient (Wildman–Crippen LogP) is 0.233. The zero-order valence-electron chi connectivity index (χ0n) is 9.86. The van der Waals surface area contributed by atoms with Crippen molar-refractivity contribution in [1.29, 1.82) is 0 Å². The molecule has 1 heterocycles. The van der Waals surface area contributed by atoms with Gasteiger partial charge in [-0.25, -0.2) is 8.42 Å². The first-order chi connectivity index (χ1) is 6.76. The lowest BCUT2D eigenvalue weighted by atomic mass is 9.99. The first-order valence-electron chi connectivity index (χ1n) is 5.49. The number of rotatable bonds is 3. The van der Waals surface area contributed by atoms with Gasteiger partial charge in [-0.1, -0.05) is 6.92 Å². The third-order valence-electron chi connectivity index (χ3n) is 3.18. The number of hydrogen-bond donors (Lipinski definition) is 1. The molecule has 0 bridgehead atoms. The molecular weight excluding hydrogens is 212 g/mol. The molecule has 0 radical (unpaired) electrons. The Bertz CT molecular complexity index is 311. The van der Waals surface area contributed by atoms with Gasteiger partial charge < -0.3 is 5.73 Å². The second kappa shape index (κ2) is 4.39. The van der Waals surface area contributed by atoms with Crippen LogP contribution in [-0.2, 0) is 9.84 Å². The van der Waals surface area contributed by atoms with Gasteiger partial charge in [-0.2, -0.15) is 0 Å². The summed E-state index contributed by atoms with van der Waals surface area (Å²) >= 11 is 0. The van der Waals surface area contributed by atoms with E-state index in [0.29, 0.717) is 6.54 Å². The van der Waals surface area contributed by atoms with Gasteiger partial charge in [-0.3, -0.25) is 4.90 Å². The van der Waals surface area contributed by atoms with E-state index in [1.54, 1.807) is 0 Å². The molecule has 0 saturated carbocycles. The van der Waals surface area contributed by atoms with E-state index in [0.717, 1.165) is 13.0 Å². The molecule has 15 heavy (non-hydrogen) atoms. The standard InChI is InChI=1S/C10H22N2O2S/c1-4-10(3,11)8-12-5-6-15(13,14)7-9(12)2/h9H,4-8,11H2,1-3H3. The van der Waals surface area contributed by atoms with Crippen LogP contribution in [0.4, 0.5) is 0 Å². The number of nitrogens with two attached hydrogens (primary N) is 1. The van der Waals surface area contributed by atoms with E-state index in [1.165, 1.54) is 0 Å². The maximum absolute atomic E-state index is 11.4. The van der Waals surface area contributed by atoms with Crippen LogP contribution in [0.1, 0.15) is 27.2 Å². The van der Waals surface area contributed by atoms with Gasteiger partial charge in [-0.05, 0) is 20.3 Å². The summed E-state index contributed by atoms with van der Waals surface area (Å²) in [6.45, 7) is 7.44. The van der Waals surface area contributed by atoms with Crippen LogP contribution in [0.2, 0.25) is 0 Å². The Labute approximate surface area is 92.7 Å². The Morgan fingerprint density at radius 2 is 2.13 bits per heavy atom. The molecule has 2 N–H and O–H groups in total. The second-order valence-electron chi connectivity index (χ2n) is 4.94. The van der Waals surface area contributed by atoms with Gasteiger partial charge in [0, 0.05) is 24.7 Å². The molecule has 5 heteroatoms. The minimum absolute atomic E-state index is 0.0955. The summed E-state index contributed by atoms with van der Waals surface area (Å²) < 4.78 is 22.8. The van der Waals surface area contributed by atoms with E-state index >= 15 is 0 Å². The van der Waals surface area contributed by atoms with Crippen molar-refractivity contribution in [3.8, 4) is 0 Å². The number of sulfone groups is 1. The number of hydrogen-bond acceptors (Lipinski definition) is 4. The van der Waals surface area contributed by atoms with Crippen molar-refractivity contribution in [2.75, 3.05) is 24.6 Å². The lowest BCUT2D eigenvalue weighted by molar-refractivity contribution is 0.178. The lowest BCUT2D eigenvalue weighted by Gasteiger charge is -2.38. The van der Waals surface area contributed by atoms with Crippen molar-refractivity contribution in [3.05, 3.63) is 0 Å². The monoisotopic (exact) mass is 234 g/mol. The maximum atomic E-state index is 11.4. The van der Waals surface area contributed by atoms with E-state index in [2.05, 4.69) is 11.8 Å². The molecule has 90 valence electrons. The van der Waals surface area contributed by atoms with E-state index in [4.69, 9.17) is 5.73 Å². The van der Waals surface area contributed by atoms with Crippen molar-refractivity contribution in [3.63, 3.8) is 0 Å². The van der Waals surface area contributed by atoms with E-state index in [1.807, 2.05) is 13.8 Å². The second-order valence-corrected chi connectivity index (χ2v) is 7.17. The highest BCUT2D eigenvalue weighted by atomic mass is 32.2. The molecule has 0 aromatic carbocycles. The maximum Gasteiger partial charge on any atom is 0.153 e. The molecule has 2 atom stereocenters. The summed E-state index contributed by atoms with van der Waals surface area (Å²) in [7, 11) is -2.81. The van der Waals surface area contributed by atoms with E-state index in [-0.39, 0.29) is 23.1 Å². The molecule has 1 aliphatic rings. The van der Waals surface area contributed by atoms with Crippen molar-refractivity contribution < 1.29 is 8.42 Å². The molecule has 1 fully saturated rings. The van der Waals surface area contributed by atoms with E-state index < -0.39 is 9.84 Å². The SMILES string of the molecule is CCC(C)(N)CN1CCS(=O)(=O)CC1C. The quantitative estimate of drug-likeness (QED) is 0.759. The number of nitrogens with zero attached hydrogens (tertiary/aromatic N) is 1. The topological polar surface area (TPSA) is 63.4 Å². The fourth-order valence-corrected chi connectivity index (χ4v) is 3.47. The largest absolute Gasteiger partial charge is 0.324 e. The van der Waals surface area contributed by atoms with Gasteiger partial charge in [0.15, 0.2) is 9.84 Å². The van der Waals surface area contributed by atoms with Gasteiger partial charge in [-0.15, -0.1) is 0 Å². The molecule has 2 unspecified atom stereocenters. The van der Waals surface area contributed by atoms with Crippen LogP contribution in [0.15, 0.2) is 0 Å². The summed E-state index contributed by atoms with van der Waals surface area (Å²) in [5.74, 6) is 0.546. The summed E-state index contributed by atoms with van der Waals surface area (Å²) in [4.78, 5) is 2.19. The third-order valence-corrected chi connectivity index (χ3v) is 4.97. The molecule has 4 nitrogen and oxygen atoms in total. The third kappa shape index (κ3) is 3.74. The first kappa shape index (κ1) is 12.9. The van der Waals surface area contributed by atoms with Crippen molar-refractivity contribution >= 4 is 9.84 Å². The van der Waals surface area contributed by atoms with Gasteiger partial charge in [0.2, 0.25) is 0 Å². The van der Waals surface area contributed by atoms with E-state index in [9.17, 15) is 8.42 Å².